The number of carbonyl (C=O) groups excluding carboxylic acids is 4. The molecule has 1 heterocycles. The highest BCUT2D eigenvalue weighted by Crippen LogP contribution is 2.47. The molecular weight excluding hydrogens is 737 g/mol. The normalized spacial score (nSPS) is 15.1. The quantitative estimate of drug-likeness (QED) is 0.0822. The van der Waals surface area contributed by atoms with Crippen molar-refractivity contribution >= 4 is 40.7 Å². The smallest absolute Gasteiger partial charge is 0.264 e. The average molecular weight is 783 g/mol. The second-order valence-corrected chi connectivity index (χ2v) is 13.9. The van der Waals surface area contributed by atoms with Crippen LogP contribution in [0.2, 0.25) is 0 Å². The summed E-state index contributed by atoms with van der Waals surface area (Å²) in [6.45, 7) is 2.09. The summed E-state index contributed by atoms with van der Waals surface area (Å²) in [7, 11) is 3.09. The van der Waals surface area contributed by atoms with Crippen molar-refractivity contribution < 1.29 is 38.9 Å². The van der Waals surface area contributed by atoms with Gasteiger partial charge in [0.1, 0.15) is 11.5 Å². The van der Waals surface area contributed by atoms with Crippen LogP contribution in [-0.2, 0) is 28.3 Å². The molecule has 5 aromatic carbocycles. The number of nitrogens with one attached hydrogen (secondary N) is 2. The Hall–Kier alpha value is -6.76. The Labute approximate surface area is 337 Å². The predicted molar refractivity (Wildman–Crippen MR) is 222 cm³/mol. The number of aliphatic hydroxyl groups is 2. The number of fused-ring (bicyclic) bond motifs is 1. The van der Waals surface area contributed by atoms with E-state index in [-0.39, 0.29) is 43.8 Å². The van der Waals surface area contributed by atoms with Gasteiger partial charge in [-0.25, -0.2) is 0 Å². The Balaban J connectivity index is 1.23. The van der Waals surface area contributed by atoms with Crippen LogP contribution in [0, 0.1) is 5.92 Å². The van der Waals surface area contributed by atoms with Gasteiger partial charge in [0.05, 0.1) is 33.1 Å². The number of rotatable bonds is 16. The van der Waals surface area contributed by atoms with Crippen LogP contribution in [-0.4, -0.2) is 66.1 Å². The van der Waals surface area contributed by atoms with E-state index in [0.29, 0.717) is 51.8 Å². The maximum Gasteiger partial charge on any atom is 0.264 e. The molecule has 0 fully saturated rings. The standard InChI is InChI=1S/C46H46N4O8/c1-31(8-7-11-42(52)49(26-27-51)29-32-9-5-4-6-10-32)46(56)40-28-37(48-44(54)35-16-23-39(58-3)24-17-35)20-25-41(40)50(45(46)55)30-33-12-18-36(19-13-33)47-43(53)34-14-21-38(57-2)22-15-34/h4-10,12-25,28,31,51,56H,11,26-27,29-30H2,1-3H3,(H,47,53)(H,48,54)/b8-7+/t31-,46+/m0/s1. The molecule has 1 aliphatic rings. The highest BCUT2D eigenvalue weighted by atomic mass is 16.5. The molecule has 1 aliphatic heterocycles. The molecule has 6 rings (SSSR count). The van der Waals surface area contributed by atoms with E-state index in [4.69, 9.17) is 9.47 Å². The summed E-state index contributed by atoms with van der Waals surface area (Å²) in [4.78, 5) is 56.8. The Kier molecular flexibility index (Phi) is 13.0. The van der Waals surface area contributed by atoms with Crippen LogP contribution in [0.5, 0.6) is 11.5 Å². The molecule has 0 radical (unpaired) electrons. The van der Waals surface area contributed by atoms with E-state index in [9.17, 15) is 29.4 Å². The molecule has 12 heteroatoms. The molecule has 4 N–H and O–H groups in total. The van der Waals surface area contributed by atoms with Crippen molar-refractivity contribution in [2.75, 3.05) is 42.9 Å². The van der Waals surface area contributed by atoms with Crippen LogP contribution >= 0.6 is 0 Å². The fraction of sp³-hybridized carbons (Fsp3) is 0.217. The summed E-state index contributed by atoms with van der Waals surface area (Å²) in [6, 6.07) is 34.9. The van der Waals surface area contributed by atoms with Crippen LogP contribution in [0.25, 0.3) is 0 Å². The summed E-state index contributed by atoms with van der Waals surface area (Å²) in [5.41, 5.74) is 2.13. The van der Waals surface area contributed by atoms with Crippen molar-refractivity contribution in [2.45, 2.75) is 32.0 Å². The molecule has 0 spiro atoms. The van der Waals surface area contributed by atoms with E-state index in [2.05, 4.69) is 10.6 Å². The molecule has 0 unspecified atom stereocenters. The van der Waals surface area contributed by atoms with Crippen LogP contribution in [0.3, 0.4) is 0 Å². The number of aliphatic hydroxyl groups excluding tert-OH is 1. The maximum atomic E-state index is 14.4. The van der Waals surface area contributed by atoms with Crippen LogP contribution in [0.15, 0.2) is 133 Å². The number of nitrogens with zero attached hydrogens (tertiary/aromatic N) is 2. The van der Waals surface area contributed by atoms with Crippen molar-refractivity contribution in [1.29, 1.82) is 0 Å². The van der Waals surface area contributed by atoms with Gasteiger partial charge in [0.15, 0.2) is 5.60 Å². The molecule has 298 valence electrons. The molecule has 4 amide bonds. The van der Waals surface area contributed by atoms with Crippen LogP contribution in [0.1, 0.15) is 50.8 Å². The molecule has 58 heavy (non-hydrogen) atoms. The molecule has 0 saturated heterocycles. The zero-order valence-electron chi connectivity index (χ0n) is 32.6. The fourth-order valence-corrected chi connectivity index (χ4v) is 6.81. The molecule has 0 bridgehead atoms. The second-order valence-electron chi connectivity index (χ2n) is 13.9. The summed E-state index contributed by atoms with van der Waals surface area (Å²) in [5, 5.41) is 27.8. The first-order chi connectivity index (χ1) is 28.0. The van der Waals surface area contributed by atoms with Gasteiger partial charge in [0.25, 0.3) is 17.7 Å². The van der Waals surface area contributed by atoms with Gasteiger partial charge in [-0.1, -0.05) is 61.5 Å². The van der Waals surface area contributed by atoms with Crippen molar-refractivity contribution in [3.8, 4) is 11.5 Å². The summed E-state index contributed by atoms with van der Waals surface area (Å²) >= 11 is 0. The number of carbonyl (C=O) groups is 4. The number of anilines is 3. The number of amides is 4. The van der Waals surface area contributed by atoms with Gasteiger partial charge in [-0.2, -0.15) is 0 Å². The lowest BCUT2D eigenvalue weighted by atomic mass is 9.82. The first kappa shape index (κ1) is 40.9. The first-order valence-corrected chi connectivity index (χ1v) is 18.8. The summed E-state index contributed by atoms with van der Waals surface area (Å²) in [6.07, 6.45) is 3.26. The Morgan fingerprint density at radius 3 is 1.91 bits per heavy atom. The molecule has 5 aromatic rings. The maximum absolute atomic E-state index is 14.4. The van der Waals surface area contributed by atoms with E-state index in [1.165, 1.54) is 12.0 Å². The largest absolute Gasteiger partial charge is 0.497 e. The fourth-order valence-electron chi connectivity index (χ4n) is 6.81. The van der Waals surface area contributed by atoms with Gasteiger partial charge in [0, 0.05) is 53.5 Å². The summed E-state index contributed by atoms with van der Waals surface area (Å²) < 4.78 is 10.4. The van der Waals surface area contributed by atoms with Gasteiger partial charge >= 0.3 is 0 Å². The van der Waals surface area contributed by atoms with E-state index >= 15 is 0 Å². The highest BCUT2D eigenvalue weighted by molar-refractivity contribution is 6.09. The number of hydrogen-bond acceptors (Lipinski definition) is 8. The Morgan fingerprint density at radius 1 is 0.776 bits per heavy atom. The van der Waals surface area contributed by atoms with E-state index < -0.39 is 17.4 Å². The van der Waals surface area contributed by atoms with Crippen LogP contribution < -0.4 is 25.0 Å². The number of hydrogen-bond donors (Lipinski definition) is 4. The van der Waals surface area contributed by atoms with Gasteiger partial charge in [-0.3, -0.25) is 19.2 Å². The zero-order valence-corrected chi connectivity index (χ0v) is 32.6. The Bertz CT molecular complexity index is 2260. The summed E-state index contributed by atoms with van der Waals surface area (Å²) in [5.74, 6) is -1.04. The van der Waals surface area contributed by atoms with Crippen molar-refractivity contribution in [3.05, 3.63) is 161 Å². The molecule has 2 atom stereocenters. The molecule has 0 saturated carbocycles. The minimum absolute atomic E-state index is 0.0165. The molecule has 0 aromatic heterocycles. The SMILES string of the molecule is COc1ccc(C(=O)Nc2ccc(CN3C(=O)[C@@](O)([C@@H](C)/C=C/CC(=O)N(CCO)Cc4ccccc4)c4cc(NC(=O)c5ccc(OC)cc5)ccc43)cc2)cc1. The highest BCUT2D eigenvalue weighted by Gasteiger charge is 2.52. The lowest BCUT2D eigenvalue weighted by molar-refractivity contribution is -0.139. The topological polar surface area (TPSA) is 158 Å². The monoisotopic (exact) mass is 782 g/mol. The van der Waals surface area contributed by atoms with Gasteiger partial charge in [-0.15, -0.1) is 0 Å². The third kappa shape index (κ3) is 9.26. The van der Waals surface area contributed by atoms with Gasteiger partial charge in [-0.05, 0) is 90.0 Å². The minimum Gasteiger partial charge on any atom is -0.497 e. The first-order valence-electron chi connectivity index (χ1n) is 18.8. The van der Waals surface area contributed by atoms with E-state index in [1.54, 1.807) is 122 Å². The lowest BCUT2D eigenvalue weighted by Crippen LogP contribution is -2.44. The third-order valence-corrected chi connectivity index (χ3v) is 10.1. The molecule has 0 aliphatic carbocycles. The number of benzene rings is 5. The average Bonchev–Trinajstić information content (AvgIpc) is 3.46. The number of methoxy groups -OCH3 is 2. The number of ether oxygens (including phenoxy) is 2. The zero-order chi connectivity index (χ0) is 41.2. The molecule has 12 nitrogen and oxygen atoms in total. The Morgan fingerprint density at radius 2 is 1.34 bits per heavy atom. The lowest BCUT2D eigenvalue weighted by Gasteiger charge is -2.28. The van der Waals surface area contributed by atoms with E-state index in [0.717, 1.165) is 11.1 Å². The second kappa shape index (κ2) is 18.5. The van der Waals surface area contributed by atoms with Crippen molar-refractivity contribution in [3.63, 3.8) is 0 Å². The van der Waals surface area contributed by atoms with E-state index in [1.807, 2.05) is 30.3 Å². The van der Waals surface area contributed by atoms with Crippen molar-refractivity contribution in [1.82, 2.24) is 4.90 Å². The minimum atomic E-state index is -2.06. The predicted octanol–water partition coefficient (Wildman–Crippen LogP) is 6.55. The van der Waals surface area contributed by atoms with Crippen molar-refractivity contribution in [2.24, 2.45) is 5.92 Å². The third-order valence-electron chi connectivity index (χ3n) is 10.1. The van der Waals surface area contributed by atoms with Crippen LogP contribution in [0.4, 0.5) is 17.1 Å². The van der Waals surface area contributed by atoms with Gasteiger partial charge in [0.2, 0.25) is 5.91 Å². The molecular formula is C46H46N4O8. The van der Waals surface area contributed by atoms with Gasteiger partial charge < -0.3 is 40.1 Å².